The van der Waals surface area contributed by atoms with E-state index in [2.05, 4.69) is 37.4 Å². The van der Waals surface area contributed by atoms with Crippen molar-refractivity contribution in [3.8, 4) is 11.5 Å². The molecular weight excluding hydrogens is 414 g/mol. The molecule has 2 fully saturated rings. The minimum Gasteiger partial charge on any atom is -0.309 e. The topological polar surface area (TPSA) is 98.0 Å². The number of aliphatic imine (C=N–C) groups is 1. The summed E-state index contributed by atoms with van der Waals surface area (Å²) in [6, 6.07) is 7.74. The van der Waals surface area contributed by atoms with Gasteiger partial charge in [0.2, 0.25) is 0 Å². The molecule has 0 radical (unpaired) electrons. The van der Waals surface area contributed by atoms with Crippen LogP contribution >= 0.6 is 0 Å². The van der Waals surface area contributed by atoms with E-state index in [0.717, 1.165) is 29.5 Å². The maximum Gasteiger partial charge on any atom is 0.275 e. The fourth-order valence-electron chi connectivity index (χ4n) is 3.80. The molecule has 8 nitrogen and oxygen atoms in total. The SMILES string of the molecule is CC(=N/C=C(\C)c1cc(C(=O)Nc2cccc(-c3nncn3C3CC3)n2)ncc1C)C1CC1. The zero-order valence-corrected chi connectivity index (χ0v) is 19.1. The quantitative estimate of drug-likeness (QED) is 0.528. The summed E-state index contributed by atoms with van der Waals surface area (Å²) < 4.78 is 2.05. The van der Waals surface area contributed by atoms with Gasteiger partial charge in [0.1, 0.15) is 23.5 Å². The van der Waals surface area contributed by atoms with Gasteiger partial charge in [-0.25, -0.2) is 4.98 Å². The third-order valence-electron chi connectivity index (χ3n) is 6.12. The van der Waals surface area contributed by atoms with Crippen molar-refractivity contribution in [3.05, 3.63) is 59.8 Å². The van der Waals surface area contributed by atoms with Crippen LogP contribution in [0.2, 0.25) is 0 Å². The van der Waals surface area contributed by atoms with E-state index < -0.39 is 0 Å². The normalized spacial score (nSPS) is 16.7. The summed E-state index contributed by atoms with van der Waals surface area (Å²) in [5.41, 5.74) is 5.14. The number of aryl methyl sites for hydroxylation is 1. The van der Waals surface area contributed by atoms with Crippen LogP contribution in [0.3, 0.4) is 0 Å². The third-order valence-corrected chi connectivity index (χ3v) is 6.12. The Bertz CT molecular complexity index is 1270. The Morgan fingerprint density at radius 2 is 2.03 bits per heavy atom. The van der Waals surface area contributed by atoms with Crippen molar-refractivity contribution in [2.45, 2.75) is 52.5 Å². The van der Waals surface area contributed by atoms with E-state index in [1.54, 1.807) is 18.6 Å². The lowest BCUT2D eigenvalue weighted by atomic mass is 10.0. The molecule has 1 amide bonds. The van der Waals surface area contributed by atoms with Crippen molar-refractivity contribution in [2.75, 3.05) is 5.32 Å². The van der Waals surface area contributed by atoms with Gasteiger partial charge < -0.3 is 9.88 Å². The summed E-state index contributed by atoms with van der Waals surface area (Å²) in [5, 5.41) is 11.1. The van der Waals surface area contributed by atoms with Crippen LogP contribution in [0.1, 0.15) is 67.2 Å². The molecule has 3 heterocycles. The first-order chi connectivity index (χ1) is 16.0. The summed E-state index contributed by atoms with van der Waals surface area (Å²) in [6.45, 7) is 6.07. The molecule has 2 aliphatic rings. The van der Waals surface area contributed by atoms with Crippen LogP contribution in [0.4, 0.5) is 5.82 Å². The molecule has 0 aliphatic heterocycles. The number of nitrogens with one attached hydrogen (secondary N) is 1. The molecule has 0 spiro atoms. The molecule has 0 bridgehead atoms. The predicted octanol–water partition coefficient (Wildman–Crippen LogP) is 4.86. The first-order valence-electron chi connectivity index (χ1n) is 11.4. The van der Waals surface area contributed by atoms with Crippen LogP contribution in [0.5, 0.6) is 0 Å². The molecule has 0 aromatic carbocycles. The number of allylic oxidation sites excluding steroid dienone is 1. The number of carbonyl (C=O) groups excluding carboxylic acids is 1. The van der Waals surface area contributed by atoms with E-state index in [1.165, 1.54) is 18.6 Å². The number of hydrogen-bond donors (Lipinski definition) is 1. The highest BCUT2D eigenvalue weighted by Gasteiger charge is 2.27. The fraction of sp³-hybridized carbons (Fsp3) is 0.360. The molecule has 33 heavy (non-hydrogen) atoms. The second-order valence-corrected chi connectivity index (χ2v) is 8.90. The summed E-state index contributed by atoms with van der Waals surface area (Å²) in [7, 11) is 0. The average molecular weight is 442 g/mol. The number of anilines is 1. The fourth-order valence-corrected chi connectivity index (χ4v) is 3.80. The summed E-state index contributed by atoms with van der Waals surface area (Å²) in [5.74, 6) is 1.49. The molecule has 2 aliphatic carbocycles. The van der Waals surface area contributed by atoms with E-state index in [-0.39, 0.29) is 5.91 Å². The number of rotatable bonds is 7. The van der Waals surface area contributed by atoms with Gasteiger partial charge in [0.05, 0.1) is 0 Å². The van der Waals surface area contributed by atoms with E-state index in [4.69, 9.17) is 0 Å². The molecular formula is C25H27N7O. The number of amides is 1. The molecule has 168 valence electrons. The van der Waals surface area contributed by atoms with Crippen LogP contribution in [0.25, 0.3) is 17.1 Å². The largest absolute Gasteiger partial charge is 0.309 e. The Hall–Kier alpha value is -3.68. The van der Waals surface area contributed by atoms with Crippen molar-refractivity contribution in [1.29, 1.82) is 0 Å². The highest BCUT2D eigenvalue weighted by Crippen LogP contribution is 2.37. The van der Waals surface area contributed by atoms with Gasteiger partial charge in [0, 0.05) is 24.2 Å². The standard InChI is InChI=1S/C25H27N7O/c1-15(12-26-17(3)18-7-8-18)20-11-22(27-13-16(20)2)25(33)30-23-6-4-5-21(29-23)24-31-28-14-32(24)19-9-10-19/h4-6,11-14,18-19H,7-10H2,1-3H3,(H,29,30,33)/b15-12+,26-17?. The first-order valence-corrected chi connectivity index (χ1v) is 11.4. The van der Waals surface area contributed by atoms with Gasteiger partial charge in [-0.3, -0.25) is 14.8 Å². The van der Waals surface area contributed by atoms with Crippen LogP contribution in [-0.4, -0.2) is 36.4 Å². The smallest absolute Gasteiger partial charge is 0.275 e. The van der Waals surface area contributed by atoms with Crippen molar-refractivity contribution in [1.82, 2.24) is 24.7 Å². The van der Waals surface area contributed by atoms with Gasteiger partial charge >= 0.3 is 0 Å². The molecule has 8 heteroatoms. The van der Waals surface area contributed by atoms with Crippen molar-refractivity contribution in [3.63, 3.8) is 0 Å². The molecule has 0 unspecified atom stereocenters. The van der Waals surface area contributed by atoms with Gasteiger partial charge in [-0.2, -0.15) is 0 Å². The Balaban J connectivity index is 1.35. The number of aromatic nitrogens is 5. The molecule has 3 aromatic rings. The second-order valence-electron chi connectivity index (χ2n) is 8.90. The van der Waals surface area contributed by atoms with Crippen molar-refractivity contribution in [2.24, 2.45) is 10.9 Å². The van der Waals surface area contributed by atoms with Crippen molar-refractivity contribution >= 4 is 23.0 Å². The second kappa shape index (κ2) is 8.69. The van der Waals surface area contributed by atoms with Crippen molar-refractivity contribution < 1.29 is 4.79 Å². The van der Waals surface area contributed by atoms with Gasteiger partial charge in [-0.1, -0.05) is 6.07 Å². The summed E-state index contributed by atoms with van der Waals surface area (Å²) in [6.07, 6.45) is 10.1. The van der Waals surface area contributed by atoms with Gasteiger partial charge in [-0.15, -0.1) is 10.2 Å². The molecule has 1 N–H and O–H groups in total. The zero-order chi connectivity index (χ0) is 22.9. The number of pyridine rings is 2. The first kappa shape index (κ1) is 21.2. The lowest BCUT2D eigenvalue weighted by molar-refractivity contribution is 0.102. The maximum atomic E-state index is 13.0. The lowest BCUT2D eigenvalue weighted by Gasteiger charge is -2.10. The van der Waals surface area contributed by atoms with Gasteiger partial charge in [0.25, 0.3) is 5.91 Å². The summed E-state index contributed by atoms with van der Waals surface area (Å²) in [4.78, 5) is 26.5. The Morgan fingerprint density at radius 1 is 1.21 bits per heavy atom. The molecule has 3 aromatic heterocycles. The van der Waals surface area contributed by atoms with E-state index in [9.17, 15) is 4.79 Å². The Kier molecular flexibility index (Phi) is 5.58. The highest BCUT2D eigenvalue weighted by molar-refractivity contribution is 6.03. The van der Waals surface area contributed by atoms with E-state index in [0.29, 0.717) is 35.0 Å². The monoisotopic (exact) mass is 441 g/mol. The Labute approximate surface area is 192 Å². The number of carbonyl (C=O) groups is 1. The molecule has 0 atom stereocenters. The highest BCUT2D eigenvalue weighted by atomic mass is 16.1. The third kappa shape index (κ3) is 4.74. The van der Waals surface area contributed by atoms with Crippen LogP contribution < -0.4 is 5.32 Å². The van der Waals surface area contributed by atoms with E-state index >= 15 is 0 Å². The average Bonchev–Trinajstić information content (AvgIpc) is 3.76. The predicted molar refractivity (Wildman–Crippen MR) is 128 cm³/mol. The van der Waals surface area contributed by atoms with Gasteiger partial charge in [0.15, 0.2) is 5.82 Å². The molecule has 0 saturated heterocycles. The lowest BCUT2D eigenvalue weighted by Crippen LogP contribution is -2.15. The number of hydrogen-bond acceptors (Lipinski definition) is 6. The maximum absolute atomic E-state index is 13.0. The number of nitrogens with zero attached hydrogens (tertiary/aromatic N) is 6. The molecule has 5 rings (SSSR count). The van der Waals surface area contributed by atoms with Crippen LogP contribution in [0, 0.1) is 12.8 Å². The summed E-state index contributed by atoms with van der Waals surface area (Å²) >= 11 is 0. The Morgan fingerprint density at radius 3 is 2.79 bits per heavy atom. The zero-order valence-electron chi connectivity index (χ0n) is 19.1. The minimum atomic E-state index is -0.310. The van der Waals surface area contributed by atoms with Crippen LogP contribution in [-0.2, 0) is 0 Å². The van der Waals surface area contributed by atoms with Gasteiger partial charge in [-0.05, 0) is 87.3 Å². The minimum absolute atomic E-state index is 0.310. The van der Waals surface area contributed by atoms with Crippen LogP contribution in [0.15, 0.2) is 48.0 Å². The molecule has 2 saturated carbocycles. The van der Waals surface area contributed by atoms with E-state index in [1.807, 2.05) is 42.8 Å².